The summed E-state index contributed by atoms with van der Waals surface area (Å²) in [6.07, 6.45) is 1.59. The van der Waals surface area contributed by atoms with Gasteiger partial charge < -0.3 is 14.4 Å². The van der Waals surface area contributed by atoms with Gasteiger partial charge >= 0.3 is 0 Å². The molecular weight excluding hydrogens is 411 g/mol. The molecule has 32 heavy (non-hydrogen) atoms. The number of benzene rings is 2. The number of rotatable bonds is 5. The number of aromatic nitrogens is 1. The van der Waals surface area contributed by atoms with Crippen LogP contribution in [0.1, 0.15) is 27.9 Å². The van der Waals surface area contributed by atoms with Crippen LogP contribution in [0.15, 0.2) is 94.7 Å². The normalized spacial score (nSPS) is 16.2. The van der Waals surface area contributed by atoms with Crippen LogP contribution in [0.4, 0.5) is 4.39 Å². The molecule has 1 amide bonds. The van der Waals surface area contributed by atoms with E-state index in [0.29, 0.717) is 16.8 Å². The third kappa shape index (κ3) is 3.33. The van der Waals surface area contributed by atoms with Gasteiger partial charge in [-0.3, -0.25) is 14.6 Å². The number of furan rings is 1. The first-order valence-electron chi connectivity index (χ1n) is 9.95. The molecule has 1 unspecified atom stereocenters. The van der Waals surface area contributed by atoms with Crippen LogP contribution in [0.25, 0.3) is 11.0 Å². The maximum atomic E-state index is 13.6. The molecule has 5 rings (SSSR count). The highest BCUT2D eigenvalue weighted by Gasteiger charge is 2.44. The molecule has 1 aliphatic heterocycles. The summed E-state index contributed by atoms with van der Waals surface area (Å²) in [7, 11) is 0. The number of pyridine rings is 1. The van der Waals surface area contributed by atoms with E-state index in [1.807, 2.05) is 6.07 Å². The molecule has 1 atom stereocenters. The number of Topliss-reactive ketones (excluding diaryl/α,β-unsaturated/α-hetero) is 1. The van der Waals surface area contributed by atoms with Crippen LogP contribution >= 0.6 is 0 Å². The van der Waals surface area contributed by atoms with Crippen molar-refractivity contribution in [3.8, 4) is 0 Å². The second-order valence-electron chi connectivity index (χ2n) is 7.45. The van der Waals surface area contributed by atoms with Gasteiger partial charge in [-0.25, -0.2) is 4.39 Å². The molecule has 0 spiro atoms. The van der Waals surface area contributed by atoms with Crippen LogP contribution in [0, 0.1) is 5.82 Å². The smallest absolute Gasteiger partial charge is 0.290 e. The Kier molecular flexibility index (Phi) is 4.78. The number of fused-ring (bicyclic) bond motifs is 1. The predicted molar refractivity (Wildman–Crippen MR) is 114 cm³/mol. The fraction of sp³-hybridized carbons (Fsp3) is 0.0800. The molecule has 3 heterocycles. The number of para-hydroxylation sites is 1. The third-order valence-corrected chi connectivity index (χ3v) is 5.44. The minimum atomic E-state index is -0.925. The summed E-state index contributed by atoms with van der Waals surface area (Å²) < 4.78 is 19.3. The van der Waals surface area contributed by atoms with E-state index in [1.165, 1.54) is 29.2 Å². The first kappa shape index (κ1) is 19.7. The lowest BCUT2D eigenvalue weighted by Crippen LogP contribution is -2.31. The molecular formula is C25H17FN2O4. The van der Waals surface area contributed by atoms with E-state index in [1.54, 1.807) is 48.7 Å². The van der Waals surface area contributed by atoms with Crippen molar-refractivity contribution in [2.45, 2.75) is 12.6 Å². The van der Waals surface area contributed by atoms with Crippen LogP contribution in [0.3, 0.4) is 0 Å². The number of nitrogens with zero attached hydrogens (tertiary/aromatic N) is 2. The molecule has 2 aromatic heterocycles. The lowest BCUT2D eigenvalue weighted by atomic mass is 9.95. The van der Waals surface area contributed by atoms with Crippen molar-refractivity contribution in [3.05, 3.63) is 113 Å². The molecule has 4 aromatic rings. The Bertz CT molecular complexity index is 1330. The van der Waals surface area contributed by atoms with Gasteiger partial charge in [-0.1, -0.05) is 36.4 Å². The number of aliphatic hydroxyl groups is 1. The van der Waals surface area contributed by atoms with E-state index < -0.39 is 29.3 Å². The maximum Gasteiger partial charge on any atom is 0.290 e. The van der Waals surface area contributed by atoms with Gasteiger partial charge in [0.25, 0.3) is 5.91 Å². The van der Waals surface area contributed by atoms with Gasteiger partial charge in [-0.15, -0.1) is 0 Å². The summed E-state index contributed by atoms with van der Waals surface area (Å²) in [5.74, 6) is -2.41. The Morgan fingerprint density at radius 1 is 1.06 bits per heavy atom. The van der Waals surface area contributed by atoms with Crippen molar-refractivity contribution in [1.29, 1.82) is 0 Å². The van der Waals surface area contributed by atoms with E-state index in [0.717, 1.165) is 5.39 Å². The van der Waals surface area contributed by atoms with Gasteiger partial charge in [0.1, 0.15) is 11.4 Å². The largest absolute Gasteiger partial charge is 0.503 e. The zero-order chi connectivity index (χ0) is 22.2. The van der Waals surface area contributed by atoms with Gasteiger partial charge in [0.05, 0.1) is 23.9 Å². The lowest BCUT2D eigenvalue weighted by molar-refractivity contribution is -0.130. The molecule has 0 bridgehead atoms. The van der Waals surface area contributed by atoms with Crippen LogP contribution in [-0.4, -0.2) is 26.7 Å². The minimum Gasteiger partial charge on any atom is -0.503 e. The summed E-state index contributed by atoms with van der Waals surface area (Å²) in [5, 5.41) is 11.5. The summed E-state index contributed by atoms with van der Waals surface area (Å²) >= 11 is 0. The monoisotopic (exact) mass is 428 g/mol. The highest BCUT2D eigenvalue weighted by molar-refractivity contribution is 6.15. The quantitative estimate of drug-likeness (QED) is 0.464. The third-order valence-electron chi connectivity index (χ3n) is 5.44. The van der Waals surface area contributed by atoms with Crippen molar-refractivity contribution in [2.75, 3.05) is 0 Å². The van der Waals surface area contributed by atoms with E-state index in [4.69, 9.17) is 4.42 Å². The van der Waals surface area contributed by atoms with E-state index in [2.05, 4.69) is 4.98 Å². The van der Waals surface area contributed by atoms with E-state index in [9.17, 15) is 19.1 Å². The van der Waals surface area contributed by atoms with Crippen molar-refractivity contribution < 1.29 is 23.5 Å². The fourth-order valence-electron chi connectivity index (χ4n) is 3.93. The van der Waals surface area contributed by atoms with Crippen LogP contribution in [-0.2, 0) is 11.3 Å². The molecule has 0 saturated carbocycles. The van der Waals surface area contributed by atoms with E-state index >= 15 is 0 Å². The maximum absolute atomic E-state index is 13.6. The Hall–Kier alpha value is -4.26. The molecule has 0 fully saturated rings. The average molecular weight is 428 g/mol. The summed E-state index contributed by atoms with van der Waals surface area (Å²) in [6.45, 7) is 0.0582. The summed E-state index contributed by atoms with van der Waals surface area (Å²) in [6, 6.07) is 18.5. The Morgan fingerprint density at radius 3 is 2.53 bits per heavy atom. The van der Waals surface area contributed by atoms with Gasteiger partial charge in [-0.05, 0) is 42.0 Å². The Morgan fingerprint density at radius 2 is 1.81 bits per heavy atom. The number of carbonyl (C=O) groups is 2. The molecule has 2 aromatic carbocycles. The van der Waals surface area contributed by atoms with Gasteiger partial charge in [-0.2, -0.15) is 0 Å². The molecule has 6 nitrogen and oxygen atoms in total. The Labute approximate surface area is 182 Å². The summed E-state index contributed by atoms with van der Waals surface area (Å²) in [5.41, 5.74) is 1.47. The van der Waals surface area contributed by atoms with Crippen molar-refractivity contribution >= 4 is 22.7 Å². The van der Waals surface area contributed by atoms with Gasteiger partial charge in [0, 0.05) is 11.6 Å². The second-order valence-corrected chi connectivity index (χ2v) is 7.45. The van der Waals surface area contributed by atoms with E-state index in [-0.39, 0.29) is 17.9 Å². The number of aliphatic hydroxyl groups excluding tert-OH is 1. The number of halogens is 1. The fourth-order valence-corrected chi connectivity index (χ4v) is 3.93. The van der Waals surface area contributed by atoms with Gasteiger partial charge in [0.2, 0.25) is 5.78 Å². The molecule has 0 radical (unpaired) electrons. The number of ketones is 1. The first-order chi connectivity index (χ1) is 15.5. The molecule has 158 valence electrons. The number of hydrogen-bond donors (Lipinski definition) is 1. The van der Waals surface area contributed by atoms with Crippen LogP contribution in [0.5, 0.6) is 0 Å². The number of carbonyl (C=O) groups excluding carboxylic acids is 2. The highest BCUT2D eigenvalue weighted by Crippen LogP contribution is 2.40. The molecule has 1 N–H and O–H groups in total. The zero-order valence-electron chi connectivity index (χ0n) is 16.7. The highest BCUT2D eigenvalue weighted by atomic mass is 19.1. The first-order valence-corrected chi connectivity index (χ1v) is 9.95. The average Bonchev–Trinajstić information content (AvgIpc) is 3.35. The standard InChI is InChI=1S/C25H17FN2O4/c26-17-10-8-15(9-11-17)22-21(23(29)20-13-16-5-1-2-7-19(16)32-20)24(30)25(31)28(22)14-18-6-3-4-12-27-18/h1-13,22,30H,14H2. The van der Waals surface area contributed by atoms with Gasteiger partial charge in [0.15, 0.2) is 11.5 Å². The van der Waals surface area contributed by atoms with Crippen molar-refractivity contribution in [1.82, 2.24) is 9.88 Å². The Balaban J connectivity index is 1.60. The lowest BCUT2D eigenvalue weighted by Gasteiger charge is -2.26. The molecule has 1 aliphatic rings. The number of hydrogen-bond acceptors (Lipinski definition) is 5. The minimum absolute atomic E-state index is 0.00680. The van der Waals surface area contributed by atoms with Crippen molar-refractivity contribution in [3.63, 3.8) is 0 Å². The predicted octanol–water partition coefficient (Wildman–Crippen LogP) is 4.75. The molecule has 0 aliphatic carbocycles. The second kappa shape index (κ2) is 7.77. The number of amides is 1. The molecule has 7 heteroatoms. The van der Waals surface area contributed by atoms with Crippen molar-refractivity contribution in [2.24, 2.45) is 0 Å². The zero-order valence-corrected chi connectivity index (χ0v) is 16.7. The molecule has 0 saturated heterocycles. The SMILES string of the molecule is O=C(C1=C(O)C(=O)N(Cc2ccccn2)C1c1ccc(F)cc1)c1cc2ccccc2o1. The van der Waals surface area contributed by atoms with Crippen LogP contribution in [0.2, 0.25) is 0 Å². The topological polar surface area (TPSA) is 83.6 Å². The summed E-state index contributed by atoms with van der Waals surface area (Å²) in [4.78, 5) is 32.0. The van der Waals surface area contributed by atoms with Crippen LogP contribution < -0.4 is 0 Å².